The molecule has 1 heterocycles. The molecule has 1 amide bonds. The van der Waals surface area contributed by atoms with Gasteiger partial charge in [0.05, 0.1) is 17.4 Å². The number of rotatable bonds is 4. The van der Waals surface area contributed by atoms with E-state index in [1.165, 1.54) is 6.20 Å². The highest BCUT2D eigenvalue weighted by molar-refractivity contribution is 5.98. The molecule has 0 aromatic carbocycles. The molecule has 72 valence electrons. The molecule has 0 spiro atoms. The Labute approximate surface area is 82.5 Å². The third-order valence-electron chi connectivity index (χ3n) is 1.67. The summed E-state index contributed by atoms with van der Waals surface area (Å²) in [6, 6.07) is 1.57. The molecular formula is C10H11N3O. The number of pyridine rings is 1. The van der Waals surface area contributed by atoms with Crippen LogP contribution in [0.5, 0.6) is 0 Å². The fourth-order valence-electron chi connectivity index (χ4n) is 1.02. The van der Waals surface area contributed by atoms with E-state index in [-0.39, 0.29) is 0 Å². The highest BCUT2D eigenvalue weighted by Gasteiger charge is 2.05. The molecule has 0 radical (unpaired) electrons. The van der Waals surface area contributed by atoms with E-state index in [4.69, 9.17) is 12.2 Å². The predicted molar refractivity (Wildman–Crippen MR) is 54.7 cm³/mol. The first kappa shape index (κ1) is 10.1. The van der Waals surface area contributed by atoms with E-state index in [1.54, 1.807) is 12.3 Å². The molecule has 4 nitrogen and oxygen atoms in total. The summed E-state index contributed by atoms with van der Waals surface area (Å²) in [5.74, 6) is 2.01. The van der Waals surface area contributed by atoms with Gasteiger partial charge in [0, 0.05) is 19.2 Å². The van der Waals surface area contributed by atoms with Crippen molar-refractivity contribution in [3.8, 4) is 12.3 Å². The molecule has 1 aromatic rings. The Kier molecular flexibility index (Phi) is 3.50. The molecule has 3 N–H and O–H groups in total. The Balaban J connectivity index is 2.75. The van der Waals surface area contributed by atoms with Crippen LogP contribution in [-0.4, -0.2) is 17.4 Å². The van der Waals surface area contributed by atoms with Crippen LogP contribution in [0.2, 0.25) is 0 Å². The van der Waals surface area contributed by atoms with Crippen LogP contribution in [0.15, 0.2) is 18.5 Å². The highest BCUT2D eigenvalue weighted by atomic mass is 16.1. The Hall–Kier alpha value is -2.02. The van der Waals surface area contributed by atoms with Crippen molar-refractivity contribution < 1.29 is 4.79 Å². The van der Waals surface area contributed by atoms with Gasteiger partial charge in [-0.25, -0.2) is 0 Å². The summed E-state index contributed by atoms with van der Waals surface area (Å²) in [5.41, 5.74) is 6.22. The van der Waals surface area contributed by atoms with Gasteiger partial charge >= 0.3 is 0 Å². The maximum Gasteiger partial charge on any atom is 0.250 e. The number of carbonyl (C=O) groups is 1. The number of nitrogens with zero attached hydrogens (tertiary/aromatic N) is 1. The van der Waals surface area contributed by atoms with E-state index in [2.05, 4.69) is 16.2 Å². The number of hydrogen-bond donors (Lipinski definition) is 2. The molecule has 14 heavy (non-hydrogen) atoms. The molecular weight excluding hydrogens is 178 g/mol. The number of carbonyl (C=O) groups excluding carboxylic acids is 1. The molecule has 0 aliphatic rings. The maximum atomic E-state index is 11.0. The number of aromatic nitrogens is 1. The van der Waals surface area contributed by atoms with Crippen molar-refractivity contribution in [2.24, 2.45) is 5.73 Å². The molecule has 0 aliphatic carbocycles. The lowest BCUT2D eigenvalue weighted by Crippen LogP contribution is -2.15. The Morgan fingerprint density at radius 3 is 3.14 bits per heavy atom. The van der Waals surface area contributed by atoms with Crippen LogP contribution in [0, 0.1) is 12.3 Å². The zero-order chi connectivity index (χ0) is 10.4. The van der Waals surface area contributed by atoms with Gasteiger partial charge in [0.2, 0.25) is 0 Å². The van der Waals surface area contributed by atoms with Crippen molar-refractivity contribution >= 4 is 11.6 Å². The third-order valence-corrected chi connectivity index (χ3v) is 1.67. The van der Waals surface area contributed by atoms with E-state index in [0.29, 0.717) is 24.2 Å². The first-order chi connectivity index (χ1) is 6.75. The number of nitrogens with two attached hydrogens (primary N) is 1. The molecule has 4 heteroatoms. The van der Waals surface area contributed by atoms with Gasteiger partial charge in [0.15, 0.2) is 0 Å². The fourth-order valence-corrected chi connectivity index (χ4v) is 1.02. The van der Waals surface area contributed by atoms with E-state index in [0.717, 1.165) is 0 Å². The van der Waals surface area contributed by atoms with Gasteiger partial charge in [0.1, 0.15) is 0 Å². The molecule has 0 atom stereocenters. The SMILES string of the molecule is C#CCCNc1cnccc1C(N)=O. The lowest BCUT2D eigenvalue weighted by Gasteiger charge is -2.06. The second kappa shape index (κ2) is 4.87. The highest BCUT2D eigenvalue weighted by Crippen LogP contribution is 2.11. The van der Waals surface area contributed by atoms with Crippen LogP contribution >= 0.6 is 0 Å². The van der Waals surface area contributed by atoms with Gasteiger partial charge in [-0.05, 0) is 6.07 Å². The van der Waals surface area contributed by atoms with E-state index < -0.39 is 5.91 Å². The molecule has 0 unspecified atom stereocenters. The van der Waals surface area contributed by atoms with Gasteiger partial charge in [0.25, 0.3) is 5.91 Å². The molecule has 0 bridgehead atoms. The number of nitrogens with one attached hydrogen (secondary N) is 1. The number of amides is 1. The summed E-state index contributed by atoms with van der Waals surface area (Å²) < 4.78 is 0. The maximum absolute atomic E-state index is 11.0. The van der Waals surface area contributed by atoms with Crippen LogP contribution in [0.1, 0.15) is 16.8 Å². The van der Waals surface area contributed by atoms with Crippen LogP contribution in [0.25, 0.3) is 0 Å². The fraction of sp³-hybridized carbons (Fsp3) is 0.200. The lowest BCUT2D eigenvalue weighted by atomic mass is 10.2. The van der Waals surface area contributed by atoms with E-state index in [9.17, 15) is 4.79 Å². The first-order valence-corrected chi connectivity index (χ1v) is 4.17. The third kappa shape index (κ3) is 2.49. The smallest absolute Gasteiger partial charge is 0.250 e. The molecule has 0 saturated heterocycles. The van der Waals surface area contributed by atoms with Crippen molar-refractivity contribution in [2.75, 3.05) is 11.9 Å². The number of terminal acetylenes is 1. The Morgan fingerprint density at radius 2 is 2.50 bits per heavy atom. The minimum absolute atomic E-state index is 0.428. The van der Waals surface area contributed by atoms with Crippen molar-refractivity contribution in [3.05, 3.63) is 24.0 Å². The monoisotopic (exact) mass is 189 g/mol. The molecule has 0 aliphatic heterocycles. The molecule has 0 saturated carbocycles. The minimum Gasteiger partial charge on any atom is -0.382 e. The number of anilines is 1. The van der Waals surface area contributed by atoms with Gasteiger partial charge in [-0.3, -0.25) is 9.78 Å². The standard InChI is InChI=1S/C10H11N3O/c1-2-3-5-13-9-7-12-6-4-8(9)10(11)14/h1,4,6-7,13H,3,5H2,(H2,11,14). The zero-order valence-electron chi connectivity index (χ0n) is 7.66. The van der Waals surface area contributed by atoms with E-state index in [1.807, 2.05) is 0 Å². The largest absolute Gasteiger partial charge is 0.382 e. The molecule has 1 aromatic heterocycles. The molecule has 1 rings (SSSR count). The normalized spacial score (nSPS) is 9.07. The number of hydrogen-bond acceptors (Lipinski definition) is 3. The summed E-state index contributed by atoms with van der Waals surface area (Å²) in [6.07, 6.45) is 8.76. The van der Waals surface area contributed by atoms with Gasteiger partial charge in [-0.1, -0.05) is 0 Å². The second-order valence-corrected chi connectivity index (χ2v) is 2.67. The van der Waals surface area contributed by atoms with Crippen molar-refractivity contribution in [2.45, 2.75) is 6.42 Å². The molecule has 0 fully saturated rings. The average Bonchev–Trinajstić information content (AvgIpc) is 2.19. The Morgan fingerprint density at radius 1 is 1.71 bits per heavy atom. The summed E-state index contributed by atoms with van der Waals surface area (Å²) in [7, 11) is 0. The second-order valence-electron chi connectivity index (χ2n) is 2.67. The van der Waals surface area contributed by atoms with Gasteiger partial charge in [-0.15, -0.1) is 12.3 Å². The predicted octanol–water partition coefficient (Wildman–Crippen LogP) is 0.616. The summed E-state index contributed by atoms with van der Waals surface area (Å²) in [4.78, 5) is 14.9. The van der Waals surface area contributed by atoms with Crippen molar-refractivity contribution in [3.63, 3.8) is 0 Å². The lowest BCUT2D eigenvalue weighted by molar-refractivity contribution is 0.100. The topological polar surface area (TPSA) is 68.0 Å². The number of primary amides is 1. The Bertz CT molecular complexity index is 368. The summed E-state index contributed by atoms with van der Waals surface area (Å²) >= 11 is 0. The summed E-state index contributed by atoms with van der Waals surface area (Å²) in [5, 5.41) is 2.99. The average molecular weight is 189 g/mol. The van der Waals surface area contributed by atoms with Gasteiger partial charge < -0.3 is 11.1 Å². The van der Waals surface area contributed by atoms with Crippen molar-refractivity contribution in [1.82, 2.24) is 4.98 Å². The van der Waals surface area contributed by atoms with Crippen molar-refractivity contribution in [1.29, 1.82) is 0 Å². The van der Waals surface area contributed by atoms with Crippen LogP contribution in [0.4, 0.5) is 5.69 Å². The van der Waals surface area contributed by atoms with Crippen LogP contribution in [-0.2, 0) is 0 Å². The summed E-state index contributed by atoms with van der Waals surface area (Å²) in [6.45, 7) is 0.600. The van der Waals surface area contributed by atoms with Crippen LogP contribution in [0.3, 0.4) is 0 Å². The van der Waals surface area contributed by atoms with Gasteiger partial charge in [-0.2, -0.15) is 0 Å². The van der Waals surface area contributed by atoms with E-state index >= 15 is 0 Å². The quantitative estimate of drug-likeness (QED) is 0.538. The van der Waals surface area contributed by atoms with Crippen LogP contribution < -0.4 is 11.1 Å². The zero-order valence-corrected chi connectivity index (χ0v) is 7.66. The first-order valence-electron chi connectivity index (χ1n) is 4.17. The minimum atomic E-state index is -0.476.